The van der Waals surface area contributed by atoms with Gasteiger partial charge >= 0.3 is 0 Å². The van der Waals surface area contributed by atoms with Crippen molar-refractivity contribution in [2.75, 3.05) is 13.7 Å². The molecule has 1 amide bonds. The zero-order chi connectivity index (χ0) is 14.5. The molecule has 0 aliphatic carbocycles. The second-order valence-electron chi connectivity index (χ2n) is 4.31. The van der Waals surface area contributed by atoms with Crippen molar-refractivity contribution in [1.82, 2.24) is 14.7 Å². The van der Waals surface area contributed by atoms with Crippen LogP contribution in [0.3, 0.4) is 0 Å². The van der Waals surface area contributed by atoms with Gasteiger partial charge in [-0.3, -0.25) is 9.48 Å². The second kappa shape index (κ2) is 6.37. The van der Waals surface area contributed by atoms with Crippen LogP contribution in [0.2, 0.25) is 0 Å². The van der Waals surface area contributed by atoms with Gasteiger partial charge in [-0.2, -0.15) is 5.10 Å². The lowest BCUT2D eigenvalue weighted by atomic mass is 10.3. The summed E-state index contributed by atoms with van der Waals surface area (Å²) in [7, 11) is 3.60. The van der Waals surface area contributed by atoms with Crippen LogP contribution < -0.4 is 0 Å². The lowest BCUT2D eigenvalue weighted by Crippen LogP contribution is -2.25. The summed E-state index contributed by atoms with van der Waals surface area (Å²) in [5, 5.41) is 12.7. The number of carbonyl (C=O) groups excluding carboxylic acids is 1. The third kappa shape index (κ3) is 3.47. The number of carbonyl (C=O) groups is 1. The van der Waals surface area contributed by atoms with Gasteiger partial charge in [0.1, 0.15) is 6.61 Å². The highest BCUT2D eigenvalue weighted by atomic mass is 32.1. The number of aliphatic hydroxyl groups is 1. The Morgan fingerprint density at radius 2 is 2.35 bits per heavy atom. The molecule has 2 aromatic rings. The Morgan fingerprint density at radius 1 is 1.55 bits per heavy atom. The molecule has 0 atom stereocenters. The minimum Gasteiger partial charge on any atom is -0.384 e. The average Bonchev–Trinajstić information content (AvgIpc) is 3.04. The van der Waals surface area contributed by atoms with Crippen LogP contribution in [-0.2, 0) is 13.6 Å². The number of hydrogen-bond donors (Lipinski definition) is 1. The summed E-state index contributed by atoms with van der Waals surface area (Å²) in [6, 6.07) is 3.55. The zero-order valence-electron chi connectivity index (χ0n) is 11.3. The quantitative estimate of drug-likeness (QED) is 0.861. The molecule has 0 saturated carbocycles. The first-order valence-electron chi connectivity index (χ1n) is 6.02. The number of aromatic nitrogens is 2. The normalized spacial score (nSPS) is 9.95. The summed E-state index contributed by atoms with van der Waals surface area (Å²) in [4.78, 5) is 15.3. The summed E-state index contributed by atoms with van der Waals surface area (Å²) < 4.78 is 1.71. The SMILES string of the molecule is CN(Cc1cnn(C)c1)C(=O)c1ccc(C#CCO)s1. The number of amides is 1. The van der Waals surface area contributed by atoms with Crippen molar-refractivity contribution in [1.29, 1.82) is 0 Å². The van der Waals surface area contributed by atoms with E-state index in [0.29, 0.717) is 11.4 Å². The third-order valence-corrected chi connectivity index (χ3v) is 3.62. The lowest BCUT2D eigenvalue weighted by Gasteiger charge is -2.14. The van der Waals surface area contributed by atoms with Crippen LogP contribution in [0.25, 0.3) is 0 Å². The van der Waals surface area contributed by atoms with E-state index in [-0.39, 0.29) is 12.5 Å². The molecular weight excluding hydrogens is 274 g/mol. The van der Waals surface area contributed by atoms with E-state index in [1.807, 2.05) is 13.2 Å². The van der Waals surface area contributed by atoms with Crippen molar-refractivity contribution in [3.63, 3.8) is 0 Å². The van der Waals surface area contributed by atoms with Crippen molar-refractivity contribution in [3.8, 4) is 11.8 Å². The minimum atomic E-state index is -0.178. The maximum atomic E-state index is 12.3. The predicted molar refractivity (Wildman–Crippen MR) is 77.3 cm³/mol. The van der Waals surface area contributed by atoms with Gasteiger partial charge in [0.05, 0.1) is 16.0 Å². The number of hydrogen-bond acceptors (Lipinski definition) is 4. The first kappa shape index (κ1) is 14.3. The topological polar surface area (TPSA) is 58.4 Å². The van der Waals surface area contributed by atoms with Crippen LogP contribution in [0, 0.1) is 11.8 Å². The third-order valence-electron chi connectivity index (χ3n) is 2.63. The van der Waals surface area contributed by atoms with Gasteiger partial charge in [-0.25, -0.2) is 0 Å². The van der Waals surface area contributed by atoms with E-state index in [2.05, 4.69) is 16.9 Å². The molecular formula is C14H15N3O2S. The number of aryl methyl sites for hydroxylation is 1. The fourth-order valence-corrected chi connectivity index (χ4v) is 2.61. The van der Waals surface area contributed by atoms with Gasteiger partial charge in [-0.1, -0.05) is 11.8 Å². The molecule has 2 heterocycles. The largest absolute Gasteiger partial charge is 0.384 e. The Bertz CT molecular complexity index is 663. The fourth-order valence-electron chi connectivity index (χ4n) is 1.73. The molecule has 2 rings (SSSR count). The monoisotopic (exact) mass is 289 g/mol. The highest BCUT2D eigenvalue weighted by molar-refractivity contribution is 7.14. The Kier molecular flexibility index (Phi) is 4.56. The van der Waals surface area contributed by atoms with Crippen LogP contribution in [0.5, 0.6) is 0 Å². The lowest BCUT2D eigenvalue weighted by molar-refractivity contribution is 0.0790. The molecule has 0 aliphatic rings. The van der Waals surface area contributed by atoms with Crippen LogP contribution in [0.1, 0.15) is 20.1 Å². The maximum Gasteiger partial charge on any atom is 0.264 e. The van der Waals surface area contributed by atoms with E-state index in [4.69, 9.17) is 5.11 Å². The van der Waals surface area contributed by atoms with Gasteiger partial charge in [0.2, 0.25) is 0 Å². The van der Waals surface area contributed by atoms with E-state index in [1.54, 1.807) is 35.0 Å². The minimum absolute atomic E-state index is 0.0455. The van der Waals surface area contributed by atoms with Gasteiger partial charge in [0, 0.05) is 32.4 Å². The fraction of sp³-hybridized carbons (Fsp3) is 0.286. The smallest absolute Gasteiger partial charge is 0.264 e. The second-order valence-corrected chi connectivity index (χ2v) is 5.39. The molecule has 0 radical (unpaired) electrons. The first-order chi connectivity index (χ1) is 9.60. The summed E-state index contributed by atoms with van der Waals surface area (Å²) in [6.07, 6.45) is 3.63. The van der Waals surface area contributed by atoms with Crippen LogP contribution in [-0.4, -0.2) is 39.3 Å². The van der Waals surface area contributed by atoms with Crippen LogP contribution in [0.15, 0.2) is 24.5 Å². The molecule has 5 nitrogen and oxygen atoms in total. The van der Waals surface area contributed by atoms with Gasteiger partial charge in [-0.15, -0.1) is 11.3 Å². The van der Waals surface area contributed by atoms with Crippen molar-refractivity contribution in [2.45, 2.75) is 6.54 Å². The van der Waals surface area contributed by atoms with Gasteiger partial charge in [0.15, 0.2) is 0 Å². The molecule has 0 saturated heterocycles. The highest BCUT2D eigenvalue weighted by Gasteiger charge is 2.14. The summed E-state index contributed by atoms with van der Waals surface area (Å²) in [5.41, 5.74) is 0.986. The Balaban J connectivity index is 2.04. The van der Waals surface area contributed by atoms with Gasteiger partial charge in [0.25, 0.3) is 5.91 Å². The zero-order valence-corrected chi connectivity index (χ0v) is 12.1. The Labute approximate surface area is 121 Å². The molecule has 0 bridgehead atoms. The Morgan fingerprint density at radius 3 is 3.00 bits per heavy atom. The van der Waals surface area contributed by atoms with Crippen LogP contribution >= 0.6 is 11.3 Å². The first-order valence-corrected chi connectivity index (χ1v) is 6.84. The molecule has 0 aliphatic heterocycles. The molecule has 0 aromatic carbocycles. The summed E-state index contributed by atoms with van der Waals surface area (Å²) >= 11 is 1.33. The maximum absolute atomic E-state index is 12.3. The molecule has 2 aromatic heterocycles. The van der Waals surface area contributed by atoms with Gasteiger partial charge in [-0.05, 0) is 12.1 Å². The van der Waals surface area contributed by atoms with E-state index >= 15 is 0 Å². The standard InChI is InChI=1S/C14H15N3O2S/c1-16(9-11-8-15-17(2)10-11)14(19)13-6-5-12(20-13)4-3-7-18/h5-6,8,10,18H,7,9H2,1-2H3. The molecule has 0 unspecified atom stereocenters. The van der Waals surface area contributed by atoms with Crippen molar-refractivity contribution >= 4 is 17.2 Å². The highest BCUT2D eigenvalue weighted by Crippen LogP contribution is 2.18. The van der Waals surface area contributed by atoms with E-state index in [9.17, 15) is 4.79 Å². The van der Waals surface area contributed by atoms with Crippen molar-refractivity contribution < 1.29 is 9.90 Å². The number of nitrogens with zero attached hydrogens (tertiary/aromatic N) is 3. The number of thiophene rings is 1. The molecule has 1 N–H and O–H groups in total. The average molecular weight is 289 g/mol. The van der Waals surface area contributed by atoms with Crippen molar-refractivity contribution in [3.05, 3.63) is 39.8 Å². The summed E-state index contributed by atoms with van der Waals surface area (Å²) in [5.74, 6) is 5.32. The van der Waals surface area contributed by atoms with E-state index in [0.717, 1.165) is 10.4 Å². The predicted octanol–water partition coefficient (Wildman–Crippen LogP) is 1.10. The molecule has 20 heavy (non-hydrogen) atoms. The van der Waals surface area contributed by atoms with Crippen LogP contribution in [0.4, 0.5) is 0 Å². The molecule has 104 valence electrons. The Hall–Kier alpha value is -2.10. The molecule has 6 heteroatoms. The van der Waals surface area contributed by atoms with Gasteiger partial charge < -0.3 is 10.0 Å². The van der Waals surface area contributed by atoms with Crippen molar-refractivity contribution in [2.24, 2.45) is 7.05 Å². The number of aliphatic hydroxyl groups excluding tert-OH is 1. The van der Waals surface area contributed by atoms with E-state index in [1.165, 1.54) is 11.3 Å². The molecule has 0 spiro atoms. The van der Waals surface area contributed by atoms with E-state index < -0.39 is 0 Å². The summed E-state index contributed by atoms with van der Waals surface area (Å²) in [6.45, 7) is 0.338. The number of rotatable bonds is 3. The molecule has 0 fully saturated rings.